The molecule has 1 fully saturated rings. The average Bonchev–Trinajstić information content (AvgIpc) is 3.64. The first kappa shape index (κ1) is 31.2. The lowest BCUT2D eigenvalue weighted by atomic mass is 9.97. The molecule has 4 rings (SSSR count). The fourth-order valence-corrected chi connectivity index (χ4v) is 5.56. The summed E-state index contributed by atoms with van der Waals surface area (Å²) in [6.07, 6.45) is 13.1. The fourth-order valence-electron chi connectivity index (χ4n) is 4.74. The zero-order chi connectivity index (χ0) is 30.1. The molecule has 2 aliphatic rings. The van der Waals surface area contributed by atoms with Gasteiger partial charge in [0.2, 0.25) is 5.70 Å². The van der Waals surface area contributed by atoms with Crippen molar-refractivity contribution in [2.45, 2.75) is 72.0 Å². The van der Waals surface area contributed by atoms with Gasteiger partial charge in [-0.1, -0.05) is 32.8 Å². The van der Waals surface area contributed by atoms with Crippen LogP contribution in [-0.4, -0.2) is 38.0 Å². The first-order valence-corrected chi connectivity index (χ1v) is 15.6. The lowest BCUT2D eigenvalue weighted by molar-refractivity contribution is 0.0948. The molecular weight excluding hydrogens is 542 g/mol. The maximum Gasteiger partial charge on any atom is 0.236 e. The first-order chi connectivity index (χ1) is 20.3. The molecule has 7 heteroatoms. The van der Waals surface area contributed by atoms with Gasteiger partial charge in [-0.2, -0.15) is 5.26 Å². The van der Waals surface area contributed by atoms with Crippen LogP contribution in [-0.2, 0) is 9.47 Å². The second-order valence-corrected chi connectivity index (χ2v) is 12.3. The Labute approximate surface area is 255 Å². The van der Waals surface area contributed by atoms with Gasteiger partial charge < -0.3 is 19.1 Å². The number of hydrogen-bond acceptors (Lipinski definition) is 6. The molecule has 1 aromatic heterocycles. The first-order valence-electron chi connectivity index (χ1n) is 14.8. The van der Waals surface area contributed by atoms with Gasteiger partial charge in [-0.15, -0.1) is 11.3 Å². The minimum absolute atomic E-state index is 0.192. The van der Waals surface area contributed by atoms with E-state index in [1.54, 1.807) is 18.3 Å². The van der Waals surface area contributed by atoms with Gasteiger partial charge in [0.25, 0.3) is 0 Å². The summed E-state index contributed by atoms with van der Waals surface area (Å²) >= 11 is 1.67. The zero-order valence-electron chi connectivity index (χ0n) is 25.4. The maximum absolute atomic E-state index is 9.33. The van der Waals surface area contributed by atoms with Crippen LogP contribution < -0.4 is 9.64 Å². The van der Waals surface area contributed by atoms with Gasteiger partial charge in [0.1, 0.15) is 29.8 Å². The molecule has 0 aliphatic carbocycles. The quantitative estimate of drug-likeness (QED) is 0.126. The Bertz CT molecular complexity index is 1450. The minimum Gasteiger partial charge on any atom is -0.494 e. The van der Waals surface area contributed by atoms with E-state index < -0.39 is 5.60 Å². The molecule has 220 valence electrons. The number of nitrogens with zero attached hydrogens (tertiary/aromatic N) is 3. The van der Waals surface area contributed by atoms with Crippen molar-refractivity contribution in [1.29, 1.82) is 5.26 Å². The van der Waals surface area contributed by atoms with Crippen molar-refractivity contribution in [3.63, 3.8) is 0 Å². The van der Waals surface area contributed by atoms with Gasteiger partial charge in [-0.05, 0) is 76.1 Å². The molecule has 0 radical (unpaired) electrons. The summed E-state index contributed by atoms with van der Waals surface area (Å²) in [7, 11) is 0. The second kappa shape index (κ2) is 14.4. The van der Waals surface area contributed by atoms with Crippen molar-refractivity contribution in [3.8, 4) is 11.8 Å². The summed E-state index contributed by atoms with van der Waals surface area (Å²) < 4.78 is 17.6. The Morgan fingerprint density at radius 3 is 2.38 bits per heavy atom. The third kappa shape index (κ3) is 7.94. The molecule has 1 saturated heterocycles. The van der Waals surface area contributed by atoms with Crippen LogP contribution in [0, 0.1) is 17.9 Å². The maximum atomic E-state index is 9.33. The summed E-state index contributed by atoms with van der Waals surface area (Å²) in [6, 6.07) is 12.8. The molecule has 0 bridgehead atoms. The lowest BCUT2D eigenvalue weighted by Crippen LogP contribution is -2.25. The highest BCUT2D eigenvalue weighted by Crippen LogP contribution is 2.41. The highest BCUT2D eigenvalue weighted by molar-refractivity contribution is 7.13. The predicted octanol–water partition coefficient (Wildman–Crippen LogP) is 8.90. The van der Waals surface area contributed by atoms with Crippen molar-refractivity contribution < 1.29 is 14.2 Å². The van der Waals surface area contributed by atoms with Crippen LogP contribution in [0.2, 0.25) is 0 Å². The van der Waals surface area contributed by atoms with E-state index in [-0.39, 0.29) is 6.10 Å². The summed E-state index contributed by atoms with van der Waals surface area (Å²) in [5, 5.41) is 9.33. The van der Waals surface area contributed by atoms with E-state index in [1.165, 1.54) is 31.4 Å². The van der Waals surface area contributed by atoms with Gasteiger partial charge in [0.15, 0.2) is 0 Å². The number of ether oxygens (including phenoxy) is 3. The Morgan fingerprint density at radius 2 is 1.79 bits per heavy atom. The topological polar surface area (TPSA) is 62.4 Å². The molecule has 1 atom stereocenters. The number of rotatable bonds is 14. The SMILES string of the molecule is [C-]#[N+]C1=C(/C=C/c2ccc(/C=C/c3ccc(N(CCCC)CCCC)cc3OCC3CO3)s2)C(C)(C)O/C1=C(\C)C#N. The van der Waals surface area contributed by atoms with E-state index in [0.29, 0.717) is 23.6 Å². The van der Waals surface area contributed by atoms with Crippen molar-refractivity contribution in [2.24, 2.45) is 0 Å². The summed E-state index contributed by atoms with van der Waals surface area (Å²) in [4.78, 5) is 8.35. The lowest BCUT2D eigenvalue weighted by Gasteiger charge is -2.25. The Balaban J connectivity index is 1.54. The molecule has 1 aromatic carbocycles. The number of benzene rings is 1. The van der Waals surface area contributed by atoms with Gasteiger partial charge in [0, 0.05) is 45.7 Å². The van der Waals surface area contributed by atoms with Crippen LogP contribution in [0.15, 0.2) is 59.0 Å². The number of epoxide rings is 1. The van der Waals surface area contributed by atoms with Crippen LogP contribution in [0.3, 0.4) is 0 Å². The molecule has 0 saturated carbocycles. The highest BCUT2D eigenvalue weighted by atomic mass is 32.1. The number of anilines is 1. The average molecular weight is 584 g/mol. The zero-order valence-corrected chi connectivity index (χ0v) is 26.2. The molecule has 0 spiro atoms. The molecule has 0 N–H and O–H groups in total. The van der Waals surface area contributed by atoms with E-state index in [1.807, 2.05) is 26.0 Å². The minimum atomic E-state index is -0.680. The van der Waals surface area contributed by atoms with Crippen molar-refractivity contribution in [3.05, 3.63) is 85.7 Å². The monoisotopic (exact) mass is 583 g/mol. The highest BCUT2D eigenvalue weighted by Gasteiger charge is 2.37. The third-order valence-electron chi connectivity index (χ3n) is 7.34. The normalized spacial score (nSPS) is 18.7. The van der Waals surface area contributed by atoms with Gasteiger partial charge >= 0.3 is 0 Å². The Kier molecular flexibility index (Phi) is 10.7. The number of thiophene rings is 1. The van der Waals surface area contributed by atoms with Crippen LogP contribution in [0.5, 0.6) is 5.75 Å². The number of unbranched alkanes of at least 4 members (excludes halogenated alkanes) is 2. The van der Waals surface area contributed by atoms with Crippen molar-refractivity contribution in [1.82, 2.24) is 0 Å². The smallest absolute Gasteiger partial charge is 0.236 e. The van der Waals surface area contributed by atoms with E-state index in [0.717, 1.165) is 46.3 Å². The Morgan fingerprint density at radius 1 is 1.12 bits per heavy atom. The predicted molar refractivity (Wildman–Crippen MR) is 173 cm³/mol. The molecule has 2 aromatic rings. The van der Waals surface area contributed by atoms with Gasteiger partial charge in [-0.25, -0.2) is 4.85 Å². The van der Waals surface area contributed by atoms with Crippen molar-refractivity contribution >= 4 is 35.3 Å². The van der Waals surface area contributed by atoms with Gasteiger partial charge in [-0.3, -0.25) is 0 Å². The third-order valence-corrected chi connectivity index (χ3v) is 8.35. The molecule has 6 nitrogen and oxygen atoms in total. The second-order valence-electron chi connectivity index (χ2n) is 11.1. The van der Waals surface area contributed by atoms with E-state index in [4.69, 9.17) is 20.8 Å². The van der Waals surface area contributed by atoms with Crippen molar-refractivity contribution in [2.75, 3.05) is 31.2 Å². The summed E-state index contributed by atoms with van der Waals surface area (Å²) in [5.41, 5.74) is 3.17. The number of allylic oxidation sites excluding steroid dienone is 1. The molecule has 2 aliphatic heterocycles. The standard InChI is InChI=1S/C35H41N3O3S/c1-7-9-19-38(20-10-8-2)27-13-11-26(32(21-27)40-24-28-23-39-28)12-14-29-15-16-30(42-29)17-18-31-33(37-6)34(25(3)22-36)41-35(31,4)5/h11-18,21,28H,7-10,19-20,23-24H2,1-5H3/b14-12+,18-17+,34-25+. The summed E-state index contributed by atoms with van der Waals surface area (Å²) in [5.74, 6) is 1.26. The molecule has 42 heavy (non-hydrogen) atoms. The van der Waals surface area contributed by atoms with Crippen LogP contribution >= 0.6 is 11.3 Å². The molecule has 0 amide bonds. The fraction of sp³-hybridized carbons (Fsp3) is 0.429. The van der Waals surface area contributed by atoms with Crippen LogP contribution in [0.1, 0.15) is 75.6 Å². The Hall–Kier alpha value is -3.78. The van der Waals surface area contributed by atoms with E-state index >= 15 is 0 Å². The number of nitriles is 1. The largest absolute Gasteiger partial charge is 0.494 e. The molecule has 1 unspecified atom stereocenters. The molecular formula is C35H41N3O3S. The van der Waals surface area contributed by atoms with Crippen LogP contribution in [0.25, 0.3) is 23.1 Å². The number of hydrogen-bond donors (Lipinski definition) is 0. The van der Waals surface area contributed by atoms with Crippen LogP contribution in [0.4, 0.5) is 5.69 Å². The molecule has 3 heterocycles. The van der Waals surface area contributed by atoms with E-state index in [2.05, 4.69) is 72.1 Å². The van der Waals surface area contributed by atoms with E-state index in [9.17, 15) is 5.26 Å². The van der Waals surface area contributed by atoms with Gasteiger partial charge in [0.05, 0.1) is 24.8 Å². The summed E-state index contributed by atoms with van der Waals surface area (Å²) in [6.45, 7) is 21.1.